The highest BCUT2D eigenvalue weighted by molar-refractivity contribution is 5.86. The molecule has 7 rings (SSSR count). The molecule has 4 bridgehead atoms. The van der Waals surface area contributed by atoms with E-state index in [0.29, 0.717) is 17.7 Å². The first-order chi connectivity index (χ1) is 15.0. The molecule has 168 valence electrons. The summed E-state index contributed by atoms with van der Waals surface area (Å²) in [5.74, 6) is 2.78. The van der Waals surface area contributed by atoms with Gasteiger partial charge >= 0.3 is 0 Å². The van der Waals surface area contributed by atoms with E-state index in [1.165, 1.54) is 42.5 Å². The molecule has 4 unspecified atom stereocenters. The number of aliphatic hydroxyl groups is 3. The van der Waals surface area contributed by atoms with Crippen molar-refractivity contribution in [3.05, 3.63) is 29.5 Å². The molecule has 7 heteroatoms. The lowest BCUT2D eigenvalue weighted by atomic mass is 9.65. The molecule has 0 radical (unpaired) electrons. The number of ether oxygens (including phenoxy) is 2. The van der Waals surface area contributed by atoms with Gasteiger partial charge in [-0.05, 0) is 54.9 Å². The van der Waals surface area contributed by atoms with Crippen molar-refractivity contribution in [3.63, 3.8) is 0 Å². The lowest BCUT2D eigenvalue weighted by Crippen LogP contribution is -2.56. The number of hydrogen-bond donors (Lipinski definition) is 4. The largest absolute Gasteiger partial charge is 0.462 e. The van der Waals surface area contributed by atoms with Crippen LogP contribution in [0.25, 0.3) is 10.9 Å². The molecule has 1 aromatic heterocycles. The van der Waals surface area contributed by atoms with Gasteiger partial charge in [0.2, 0.25) is 6.29 Å². The molecule has 1 aromatic carbocycles. The topological polar surface area (TPSA) is 98.2 Å². The summed E-state index contributed by atoms with van der Waals surface area (Å²) in [6, 6.07) is 6.59. The molecule has 5 heterocycles. The first kappa shape index (κ1) is 20.0. The maximum Gasteiger partial charge on any atom is 0.228 e. The van der Waals surface area contributed by atoms with Crippen molar-refractivity contribution in [2.75, 3.05) is 19.7 Å². The minimum Gasteiger partial charge on any atom is -0.462 e. The molecule has 1 aliphatic carbocycles. The van der Waals surface area contributed by atoms with Gasteiger partial charge in [-0.2, -0.15) is 0 Å². The summed E-state index contributed by atoms with van der Waals surface area (Å²) in [7, 11) is 0. The van der Waals surface area contributed by atoms with Gasteiger partial charge < -0.3 is 29.8 Å². The number of piperidine rings is 2. The van der Waals surface area contributed by atoms with Crippen LogP contribution in [0.5, 0.6) is 5.75 Å². The van der Waals surface area contributed by atoms with Crippen LogP contribution in [0.15, 0.2) is 18.2 Å². The molecule has 4 N–H and O–H groups in total. The first-order valence-corrected chi connectivity index (χ1v) is 11.7. The van der Waals surface area contributed by atoms with E-state index in [0.717, 1.165) is 30.3 Å². The van der Waals surface area contributed by atoms with Crippen LogP contribution in [0.3, 0.4) is 0 Å². The Bertz CT molecular complexity index is 976. The quantitative estimate of drug-likeness (QED) is 0.595. The zero-order valence-electron chi connectivity index (χ0n) is 17.9. The molecule has 2 aromatic rings. The Labute approximate surface area is 182 Å². The van der Waals surface area contributed by atoms with Gasteiger partial charge in [-0.1, -0.05) is 13.3 Å². The van der Waals surface area contributed by atoms with Crippen molar-refractivity contribution in [2.45, 2.75) is 69.2 Å². The highest BCUT2D eigenvalue weighted by Gasteiger charge is 2.48. The Morgan fingerprint density at radius 1 is 1.19 bits per heavy atom. The molecular formula is C24H32N2O5. The van der Waals surface area contributed by atoms with Crippen LogP contribution in [0, 0.1) is 11.8 Å². The third-order valence-corrected chi connectivity index (χ3v) is 8.19. The lowest BCUT2D eigenvalue weighted by molar-refractivity contribution is -0.242. The van der Waals surface area contributed by atoms with Crippen molar-refractivity contribution in [2.24, 2.45) is 11.8 Å². The summed E-state index contributed by atoms with van der Waals surface area (Å²) in [6.45, 7) is 4.63. The monoisotopic (exact) mass is 428 g/mol. The van der Waals surface area contributed by atoms with Crippen LogP contribution < -0.4 is 4.74 Å². The van der Waals surface area contributed by atoms with Crippen molar-refractivity contribution in [1.29, 1.82) is 0 Å². The number of aliphatic hydroxyl groups excluding tert-OH is 3. The fourth-order valence-corrected chi connectivity index (χ4v) is 6.76. The van der Waals surface area contributed by atoms with Crippen LogP contribution in [-0.2, 0) is 11.2 Å². The SMILES string of the molecule is CC[C@H]1C[C@H]2C[C@H]3c4[nH]c5ccc(OC6OC[C@@H](O)C(O)[C@H]6O)cc5c4CCN(C2)C13. The van der Waals surface area contributed by atoms with E-state index in [9.17, 15) is 15.3 Å². The van der Waals surface area contributed by atoms with Crippen LogP contribution in [0.2, 0.25) is 0 Å². The maximum atomic E-state index is 10.2. The summed E-state index contributed by atoms with van der Waals surface area (Å²) in [5.41, 5.74) is 3.94. The fourth-order valence-electron chi connectivity index (χ4n) is 6.76. The van der Waals surface area contributed by atoms with Gasteiger partial charge in [-0.15, -0.1) is 0 Å². The van der Waals surface area contributed by atoms with Crippen molar-refractivity contribution in [3.8, 4) is 5.75 Å². The zero-order valence-corrected chi connectivity index (χ0v) is 17.9. The molecule has 0 spiro atoms. The minimum atomic E-state index is -1.30. The molecule has 5 aliphatic rings. The van der Waals surface area contributed by atoms with E-state index in [2.05, 4.69) is 16.8 Å². The second-order valence-electron chi connectivity index (χ2n) is 9.94. The summed E-state index contributed by atoms with van der Waals surface area (Å²) in [4.78, 5) is 6.50. The normalized spacial score (nSPS) is 41.7. The number of rotatable bonds is 3. The average molecular weight is 429 g/mol. The van der Waals surface area contributed by atoms with Gasteiger partial charge in [-0.25, -0.2) is 0 Å². The van der Waals surface area contributed by atoms with Gasteiger partial charge in [0.15, 0.2) is 0 Å². The highest BCUT2D eigenvalue weighted by atomic mass is 16.7. The molecule has 4 fully saturated rings. The molecule has 0 amide bonds. The van der Waals surface area contributed by atoms with Gasteiger partial charge in [-0.3, -0.25) is 4.90 Å². The number of hydrogen-bond acceptors (Lipinski definition) is 6. The Morgan fingerprint density at radius 2 is 2.06 bits per heavy atom. The second kappa shape index (κ2) is 7.46. The van der Waals surface area contributed by atoms with Gasteiger partial charge in [0, 0.05) is 41.6 Å². The highest BCUT2D eigenvalue weighted by Crippen LogP contribution is 2.51. The van der Waals surface area contributed by atoms with Crippen LogP contribution in [0.4, 0.5) is 0 Å². The van der Waals surface area contributed by atoms with E-state index in [1.54, 1.807) is 0 Å². The summed E-state index contributed by atoms with van der Waals surface area (Å²) in [5, 5.41) is 31.0. The molecular weight excluding hydrogens is 396 g/mol. The third kappa shape index (κ3) is 3.13. The Morgan fingerprint density at radius 3 is 2.90 bits per heavy atom. The van der Waals surface area contributed by atoms with Crippen LogP contribution in [-0.4, -0.2) is 75.5 Å². The first-order valence-electron chi connectivity index (χ1n) is 11.7. The Hall–Kier alpha value is -1.64. The van der Waals surface area contributed by atoms with E-state index in [-0.39, 0.29) is 6.61 Å². The molecule has 7 nitrogen and oxygen atoms in total. The smallest absolute Gasteiger partial charge is 0.228 e. The lowest BCUT2D eigenvalue weighted by Gasteiger charge is -2.53. The third-order valence-electron chi connectivity index (χ3n) is 8.19. The Kier molecular flexibility index (Phi) is 4.81. The average Bonchev–Trinajstić information content (AvgIpc) is 3.10. The molecule has 9 atom stereocenters. The standard InChI is InChI=1S/C24H32N2O5/c1-2-13-7-12-8-17-20-15(5-6-26(10-12)21(13)17)16-9-14(3-4-18(16)25-20)31-24-23(29)22(28)19(27)11-30-24/h3-4,9,12-13,17,19,21-25,27-29H,2,5-8,10-11H2,1H3/t12-,13-,17-,19+,21?,22?,23+,24?/m0/s1. The molecule has 31 heavy (non-hydrogen) atoms. The fraction of sp³-hybridized carbons (Fsp3) is 0.667. The van der Waals surface area contributed by atoms with Crippen molar-refractivity contribution < 1.29 is 24.8 Å². The predicted octanol–water partition coefficient (Wildman–Crippen LogP) is 1.75. The second-order valence-corrected chi connectivity index (χ2v) is 9.94. The van der Waals surface area contributed by atoms with Crippen LogP contribution in [0.1, 0.15) is 43.4 Å². The van der Waals surface area contributed by atoms with E-state index in [1.807, 2.05) is 18.2 Å². The number of nitrogens with one attached hydrogen (secondary N) is 1. The van der Waals surface area contributed by atoms with Gasteiger partial charge in [0.1, 0.15) is 24.1 Å². The summed E-state index contributed by atoms with van der Waals surface area (Å²) < 4.78 is 11.3. The number of H-pyrrole nitrogens is 1. The number of aromatic nitrogens is 1. The Balaban J connectivity index is 1.32. The van der Waals surface area contributed by atoms with Gasteiger partial charge in [0.05, 0.1) is 6.61 Å². The maximum absolute atomic E-state index is 10.2. The van der Waals surface area contributed by atoms with Crippen molar-refractivity contribution in [1.82, 2.24) is 9.88 Å². The molecule has 4 aliphatic heterocycles. The number of benzene rings is 1. The zero-order chi connectivity index (χ0) is 21.3. The van der Waals surface area contributed by atoms with E-state index < -0.39 is 24.6 Å². The molecule has 1 saturated carbocycles. The van der Waals surface area contributed by atoms with E-state index >= 15 is 0 Å². The van der Waals surface area contributed by atoms with Gasteiger partial charge in [0.25, 0.3) is 0 Å². The molecule has 3 saturated heterocycles. The number of nitrogens with zero attached hydrogens (tertiary/aromatic N) is 1. The summed E-state index contributed by atoms with van der Waals surface area (Å²) >= 11 is 0. The predicted molar refractivity (Wildman–Crippen MR) is 115 cm³/mol. The number of aromatic amines is 1. The summed E-state index contributed by atoms with van der Waals surface area (Å²) in [6.07, 6.45) is 0.274. The number of fused-ring (bicyclic) bond motifs is 4. The van der Waals surface area contributed by atoms with Crippen molar-refractivity contribution >= 4 is 10.9 Å². The van der Waals surface area contributed by atoms with Crippen LogP contribution >= 0.6 is 0 Å². The van der Waals surface area contributed by atoms with E-state index in [4.69, 9.17) is 9.47 Å². The minimum absolute atomic E-state index is 0.0661.